The van der Waals surface area contributed by atoms with E-state index in [1.54, 1.807) is 25.1 Å². The van der Waals surface area contributed by atoms with Gasteiger partial charge in [0, 0.05) is 17.2 Å². The fraction of sp³-hybridized carbons (Fsp3) is 0.364. The van der Waals surface area contributed by atoms with E-state index in [-0.39, 0.29) is 11.3 Å². The lowest BCUT2D eigenvalue weighted by Crippen LogP contribution is -2.23. The van der Waals surface area contributed by atoms with Gasteiger partial charge in [-0.05, 0) is 12.1 Å². The number of nitrogens with one attached hydrogen (secondary N) is 1. The first-order valence-corrected chi connectivity index (χ1v) is 7.87. The molecule has 18 heavy (non-hydrogen) atoms. The summed E-state index contributed by atoms with van der Waals surface area (Å²) in [6, 6.07) is 6.57. The zero-order chi connectivity index (χ0) is 13.6. The molecule has 1 aromatic carbocycles. The molecule has 0 radical (unpaired) electrons. The Morgan fingerprint density at radius 2 is 2.06 bits per heavy atom. The molecule has 1 aromatic rings. The normalized spacial score (nSPS) is 11.4. The monoisotopic (exact) mass is 289 g/mol. The molecule has 0 saturated carbocycles. The van der Waals surface area contributed by atoms with E-state index in [9.17, 15) is 13.2 Å². The Hall–Kier alpha value is -1.05. The van der Waals surface area contributed by atoms with Gasteiger partial charge in [0.15, 0.2) is 0 Å². The third-order valence-electron chi connectivity index (χ3n) is 2.05. The number of carbonyl (C=O) groups is 1. The highest BCUT2D eigenvalue weighted by Gasteiger charge is 2.17. The van der Waals surface area contributed by atoms with E-state index in [4.69, 9.17) is 5.11 Å². The summed E-state index contributed by atoms with van der Waals surface area (Å²) in [5.41, 5.74) is 0. The predicted octanol–water partition coefficient (Wildman–Crippen LogP) is 1.55. The molecule has 100 valence electrons. The number of sulfonamides is 1. The lowest BCUT2D eigenvalue weighted by atomic mass is 10.4. The first-order valence-electron chi connectivity index (χ1n) is 5.40. The molecule has 5 nitrogen and oxygen atoms in total. The molecule has 0 aliphatic rings. The van der Waals surface area contributed by atoms with E-state index in [1.807, 2.05) is 0 Å². The van der Waals surface area contributed by atoms with Crippen molar-refractivity contribution in [2.45, 2.75) is 23.1 Å². The third kappa shape index (κ3) is 4.32. The molecule has 0 fully saturated rings. The summed E-state index contributed by atoms with van der Waals surface area (Å²) in [5, 5.41) is 8.56. The van der Waals surface area contributed by atoms with Crippen molar-refractivity contribution in [3.05, 3.63) is 24.3 Å². The van der Waals surface area contributed by atoms with E-state index < -0.39 is 16.0 Å². The zero-order valence-corrected chi connectivity index (χ0v) is 11.6. The number of aliphatic carboxylic acids is 1. The number of hydrogen-bond acceptors (Lipinski definition) is 4. The molecule has 0 aromatic heterocycles. The van der Waals surface area contributed by atoms with Crippen LogP contribution in [0.25, 0.3) is 0 Å². The minimum Gasteiger partial charge on any atom is -0.481 e. The van der Waals surface area contributed by atoms with Crippen molar-refractivity contribution in [3.8, 4) is 0 Å². The number of rotatable bonds is 7. The van der Waals surface area contributed by atoms with Crippen molar-refractivity contribution in [2.75, 3.05) is 12.3 Å². The Balaban J connectivity index is 2.89. The van der Waals surface area contributed by atoms with Crippen LogP contribution in [-0.4, -0.2) is 31.8 Å². The molecule has 0 heterocycles. The van der Waals surface area contributed by atoms with Crippen LogP contribution in [0.4, 0.5) is 0 Å². The molecule has 2 N–H and O–H groups in total. The van der Waals surface area contributed by atoms with Gasteiger partial charge >= 0.3 is 5.97 Å². The van der Waals surface area contributed by atoms with Crippen molar-refractivity contribution in [3.63, 3.8) is 0 Å². The molecule has 0 aliphatic heterocycles. The maximum absolute atomic E-state index is 11.9. The van der Waals surface area contributed by atoms with Crippen LogP contribution in [0.2, 0.25) is 0 Å². The van der Waals surface area contributed by atoms with Crippen LogP contribution in [0.1, 0.15) is 13.3 Å². The fourth-order valence-corrected chi connectivity index (χ4v) is 3.82. The third-order valence-corrected chi connectivity index (χ3v) is 4.85. The van der Waals surface area contributed by atoms with Gasteiger partial charge in [-0.2, -0.15) is 0 Å². The van der Waals surface area contributed by atoms with Crippen LogP contribution in [0.15, 0.2) is 34.1 Å². The SMILES string of the molecule is CCNS(=O)(=O)c1ccccc1SCCC(=O)O. The lowest BCUT2D eigenvalue weighted by Gasteiger charge is -2.09. The van der Waals surface area contributed by atoms with Crippen LogP contribution < -0.4 is 4.72 Å². The van der Waals surface area contributed by atoms with Crippen molar-refractivity contribution in [1.82, 2.24) is 4.72 Å². The molecule has 0 saturated heterocycles. The highest BCUT2D eigenvalue weighted by molar-refractivity contribution is 8.00. The summed E-state index contributed by atoms with van der Waals surface area (Å²) in [6.45, 7) is 2.02. The highest BCUT2D eigenvalue weighted by Crippen LogP contribution is 2.26. The zero-order valence-electron chi connectivity index (χ0n) is 9.92. The van der Waals surface area contributed by atoms with Crippen molar-refractivity contribution in [2.24, 2.45) is 0 Å². The summed E-state index contributed by atoms with van der Waals surface area (Å²) in [6.07, 6.45) is 0.000253. The molecule has 1 rings (SSSR count). The number of thioether (sulfide) groups is 1. The molecular weight excluding hydrogens is 274 g/mol. The Morgan fingerprint density at radius 1 is 1.39 bits per heavy atom. The van der Waals surface area contributed by atoms with Crippen LogP contribution in [0.3, 0.4) is 0 Å². The van der Waals surface area contributed by atoms with E-state index in [1.165, 1.54) is 17.8 Å². The molecule has 7 heteroatoms. The van der Waals surface area contributed by atoms with Gasteiger partial charge in [0.2, 0.25) is 10.0 Å². The second kappa shape index (κ2) is 6.77. The molecule has 0 spiro atoms. The average molecular weight is 289 g/mol. The Morgan fingerprint density at radius 3 is 2.67 bits per heavy atom. The quantitative estimate of drug-likeness (QED) is 0.744. The predicted molar refractivity (Wildman–Crippen MR) is 70.3 cm³/mol. The van der Waals surface area contributed by atoms with E-state index in [0.29, 0.717) is 17.2 Å². The van der Waals surface area contributed by atoms with E-state index in [0.717, 1.165) is 0 Å². The minimum absolute atomic E-state index is 0.000253. The van der Waals surface area contributed by atoms with Crippen molar-refractivity contribution in [1.29, 1.82) is 0 Å². The van der Waals surface area contributed by atoms with Gasteiger partial charge in [0.05, 0.1) is 11.3 Å². The van der Waals surface area contributed by atoms with E-state index >= 15 is 0 Å². The molecule has 0 amide bonds. The topological polar surface area (TPSA) is 83.5 Å². The molecule has 0 atom stereocenters. The van der Waals surface area contributed by atoms with Crippen molar-refractivity contribution < 1.29 is 18.3 Å². The van der Waals surface area contributed by atoms with Gasteiger partial charge in [-0.15, -0.1) is 11.8 Å². The standard InChI is InChI=1S/C11H15NO4S2/c1-2-12-18(15,16)10-6-4-3-5-9(10)17-8-7-11(13)14/h3-6,12H,2,7-8H2,1H3,(H,13,14). The molecule has 0 unspecified atom stereocenters. The number of carboxylic acid groups (broad SMARTS) is 1. The van der Waals surface area contributed by atoms with Gasteiger partial charge in [-0.25, -0.2) is 13.1 Å². The summed E-state index contributed by atoms with van der Waals surface area (Å²) >= 11 is 1.23. The number of carboxylic acids is 1. The second-order valence-electron chi connectivity index (χ2n) is 3.44. The highest BCUT2D eigenvalue weighted by atomic mass is 32.2. The lowest BCUT2D eigenvalue weighted by molar-refractivity contribution is -0.136. The second-order valence-corrected chi connectivity index (χ2v) is 6.31. The summed E-state index contributed by atoms with van der Waals surface area (Å²) in [4.78, 5) is 11.2. The fourth-order valence-electron chi connectivity index (χ4n) is 1.31. The Labute approximate surface area is 111 Å². The molecule has 0 aliphatic carbocycles. The van der Waals surface area contributed by atoms with Crippen molar-refractivity contribution >= 4 is 27.8 Å². The first-order chi connectivity index (χ1) is 8.47. The molecular formula is C11H15NO4S2. The minimum atomic E-state index is -3.51. The van der Waals surface area contributed by atoms with Crippen LogP contribution in [0.5, 0.6) is 0 Å². The number of benzene rings is 1. The van der Waals surface area contributed by atoms with Crippen LogP contribution >= 0.6 is 11.8 Å². The maximum atomic E-state index is 11.9. The summed E-state index contributed by atoms with van der Waals surface area (Å²) < 4.78 is 26.2. The number of hydrogen-bond donors (Lipinski definition) is 2. The Kier molecular flexibility index (Phi) is 5.64. The maximum Gasteiger partial charge on any atom is 0.304 e. The first kappa shape index (κ1) is 15.0. The van der Waals surface area contributed by atoms with E-state index in [2.05, 4.69) is 4.72 Å². The Bertz CT molecular complexity index is 514. The van der Waals surface area contributed by atoms with Gasteiger partial charge in [-0.3, -0.25) is 4.79 Å². The van der Waals surface area contributed by atoms with Gasteiger partial charge < -0.3 is 5.11 Å². The van der Waals surface area contributed by atoms with Crippen LogP contribution in [-0.2, 0) is 14.8 Å². The summed E-state index contributed by atoms with van der Waals surface area (Å²) in [7, 11) is -3.51. The van der Waals surface area contributed by atoms with Crippen LogP contribution in [0, 0.1) is 0 Å². The summed E-state index contributed by atoms with van der Waals surface area (Å²) in [5.74, 6) is -0.553. The van der Waals surface area contributed by atoms with Gasteiger partial charge in [0.25, 0.3) is 0 Å². The average Bonchev–Trinajstić information content (AvgIpc) is 2.29. The smallest absolute Gasteiger partial charge is 0.304 e. The van der Waals surface area contributed by atoms with Gasteiger partial charge in [0.1, 0.15) is 0 Å². The van der Waals surface area contributed by atoms with Gasteiger partial charge in [-0.1, -0.05) is 19.1 Å². The largest absolute Gasteiger partial charge is 0.481 e. The molecule has 0 bridgehead atoms.